The van der Waals surface area contributed by atoms with E-state index in [1.54, 1.807) is 20.8 Å². The smallest absolute Gasteiger partial charge is 0.306 e. The number of esters is 3. The first-order valence-corrected chi connectivity index (χ1v) is 10.5. The Kier molecular flexibility index (Phi) is 14.1. The fourth-order valence-corrected chi connectivity index (χ4v) is 2.60. The zero-order valence-electron chi connectivity index (χ0n) is 16.9. The van der Waals surface area contributed by atoms with Crippen LogP contribution in [0.4, 0.5) is 0 Å². The van der Waals surface area contributed by atoms with E-state index in [9.17, 15) is 14.4 Å². The lowest BCUT2D eigenvalue weighted by atomic mass is 9.92. The van der Waals surface area contributed by atoms with Gasteiger partial charge < -0.3 is 18.9 Å². The lowest BCUT2D eigenvalue weighted by Gasteiger charge is -2.31. The highest BCUT2D eigenvalue weighted by Crippen LogP contribution is 2.22. The second kappa shape index (κ2) is 14.4. The lowest BCUT2D eigenvalue weighted by molar-refractivity contribution is -0.166. The molecule has 164 valence electrons. The van der Waals surface area contributed by atoms with Crippen molar-refractivity contribution in [2.24, 2.45) is 5.41 Å². The van der Waals surface area contributed by atoms with E-state index < -0.39 is 23.3 Å². The molecule has 0 rings (SSSR count). The molecule has 3 atom stereocenters. The van der Waals surface area contributed by atoms with Gasteiger partial charge in [-0.1, -0.05) is 20.8 Å². The molecular weight excluding hydrogens is 424 g/mol. The third-order valence-corrected chi connectivity index (χ3v) is 4.00. The predicted octanol–water partition coefficient (Wildman–Crippen LogP) is 2.37. The van der Waals surface area contributed by atoms with Gasteiger partial charge in [0.15, 0.2) is 0 Å². The van der Waals surface area contributed by atoms with Crippen LogP contribution in [-0.2, 0) is 33.3 Å². The topological polar surface area (TPSA) is 88.1 Å². The molecule has 0 spiro atoms. The van der Waals surface area contributed by atoms with Crippen molar-refractivity contribution < 1.29 is 33.3 Å². The summed E-state index contributed by atoms with van der Waals surface area (Å²) in [7, 11) is 1.46. The Balaban J connectivity index is 5.14. The van der Waals surface area contributed by atoms with E-state index in [1.165, 1.54) is 7.11 Å². The van der Waals surface area contributed by atoms with Gasteiger partial charge in [0.05, 0.1) is 31.3 Å². The molecule has 0 fully saturated rings. The summed E-state index contributed by atoms with van der Waals surface area (Å²) in [4.78, 5) is 35.8. The van der Waals surface area contributed by atoms with Crippen LogP contribution < -0.4 is 0 Å². The van der Waals surface area contributed by atoms with Crippen molar-refractivity contribution in [3.8, 4) is 0 Å². The van der Waals surface area contributed by atoms with E-state index in [0.29, 0.717) is 0 Å². The Morgan fingerprint density at radius 2 is 0.964 bits per heavy atom. The van der Waals surface area contributed by atoms with E-state index in [0.717, 1.165) is 0 Å². The molecule has 28 heavy (non-hydrogen) atoms. The molecule has 0 aromatic heterocycles. The van der Waals surface area contributed by atoms with E-state index in [1.807, 2.05) is 0 Å². The standard InChI is InChI=1S/C18H32O7S3/c1-12(26)5-15(19)23-9-18(8-22-4,10-24-16(20)6-13(2)27)11-25-17(21)7-14(3)28/h12-14,26-28H,5-11H2,1-4H3. The number of rotatable bonds is 14. The predicted molar refractivity (Wildman–Crippen MR) is 116 cm³/mol. The summed E-state index contributed by atoms with van der Waals surface area (Å²) in [5.74, 6) is -1.35. The molecule has 0 aliphatic rings. The summed E-state index contributed by atoms with van der Waals surface area (Å²) < 4.78 is 21.2. The minimum absolute atomic E-state index is 0.0596. The second-order valence-electron chi connectivity index (χ2n) is 7.07. The number of carbonyl (C=O) groups is 3. The maximum Gasteiger partial charge on any atom is 0.306 e. The van der Waals surface area contributed by atoms with Gasteiger partial charge in [0.1, 0.15) is 19.8 Å². The van der Waals surface area contributed by atoms with Crippen molar-refractivity contribution in [2.75, 3.05) is 33.5 Å². The minimum atomic E-state index is -1.02. The largest absolute Gasteiger partial charge is 0.465 e. The highest BCUT2D eigenvalue weighted by atomic mass is 32.1. The molecule has 0 aliphatic heterocycles. The van der Waals surface area contributed by atoms with E-state index >= 15 is 0 Å². The van der Waals surface area contributed by atoms with Crippen LogP contribution in [0.2, 0.25) is 0 Å². The van der Waals surface area contributed by atoms with Crippen molar-refractivity contribution in [3.05, 3.63) is 0 Å². The molecule has 0 aromatic carbocycles. The molecular formula is C18H32O7S3. The van der Waals surface area contributed by atoms with Crippen molar-refractivity contribution in [1.82, 2.24) is 0 Å². The van der Waals surface area contributed by atoms with Crippen LogP contribution in [0.3, 0.4) is 0 Å². The molecule has 0 heterocycles. The van der Waals surface area contributed by atoms with Crippen LogP contribution in [0.5, 0.6) is 0 Å². The van der Waals surface area contributed by atoms with Crippen LogP contribution in [0.1, 0.15) is 40.0 Å². The second-order valence-corrected chi connectivity index (χ2v) is 9.72. The van der Waals surface area contributed by atoms with E-state index in [4.69, 9.17) is 18.9 Å². The SMILES string of the molecule is COCC(COC(=O)CC(C)S)(COC(=O)CC(C)S)COC(=O)CC(C)S. The summed E-state index contributed by atoms with van der Waals surface area (Å²) in [5, 5.41) is -0.476. The van der Waals surface area contributed by atoms with Gasteiger partial charge in [0, 0.05) is 22.9 Å². The van der Waals surface area contributed by atoms with E-state index in [-0.39, 0.29) is 61.4 Å². The van der Waals surface area contributed by atoms with Crippen LogP contribution in [0.15, 0.2) is 0 Å². The molecule has 0 saturated heterocycles. The number of carbonyl (C=O) groups excluding carboxylic acids is 3. The summed E-state index contributed by atoms with van der Waals surface area (Å²) in [5.41, 5.74) is -1.02. The molecule has 0 N–H and O–H groups in total. The molecule has 10 heteroatoms. The monoisotopic (exact) mass is 456 g/mol. The van der Waals surface area contributed by atoms with Gasteiger partial charge >= 0.3 is 17.9 Å². The average molecular weight is 457 g/mol. The first-order valence-electron chi connectivity index (χ1n) is 8.99. The van der Waals surface area contributed by atoms with Crippen molar-refractivity contribution in [3.63, 3.8) is 0 Å². The maximum atomic E-state index is 11.9. The summed E-state index contributed by atoms with van der Waals surface area (Å²) in [6.07, 6.45) is 0.375. The summed E-state index contributed by atoms with van der Waals surface area (Å²) >= 11 is 12.5. The molecule has 3 unspecified atom stereocenters. The van der Waals surface area contributed by atoms with Crippen molar-refractivity contribution >= 4 is 55.8 Å². The minimum Gasteiger partial charge on any atom is -0.465 e. The van der Waals surface area contributed by atoms with Crippen molar-refractivity contribution in [1.29, 1.82) is 0 Å². The molecule has 7 nitrogen and oxygen atoms in total. The Morgan fingerprint density at radius 3 is 1.18 bits per heavy atom. The number of methoxy groups -OCH3 is 1. The first kappa shape index (κ1) is 27.4. The summed E-state index contributed by atoms with van der Waals surface area (Å²) in [6, 6.07) is 0. The third-order valence-electron chi connectivity index (χ3n) is 3.45. The third kappa shape index (κ3) is 13.6. The van der Waals surface area contributed by atoms with Gasteiger partial charge in [-0.2, -0.15) is 37.9 Å². The molecule has 0 aliphatic carbocycles. The molecule has 0 radical (unpaired) electrons. The van der Waals surface area contributed by atoms with Crippen LogP contribution >= 0.6 is 37.9 Å². The Bertz CT molecular complexity index is 431. The zero-order valence-corrected chi connectivity index (χ0v) is 19.6. The zero-order chi connectivity index (χ0) is 21.7. The fraction of sp³-hybridized carbons (Fsp3) is 0.833. The highest BCUT2D eigenvalue weighted by Gasteiger charge is 2.36. The van der Waals surface area contributed by atoms with Gasteiger partial charge in [0.25, 0.3) is 0 Å². The highest BCUT2D eigenvalue weighted by molar-refractivity contribution is 7.81. The van der Waals surface area contributed by atoms with Gasteiger partial charge in [-0.15, -0.1) is 0 Å². The Labute approximate surface area is 183 Å². The first-order chi connectivity index (χ1) is 13.0. The number of ether oxygens (including phenoxy) is 4. The molecule has 0 saturated carbocycles. The van der Waals surface area contributed by atoms with Crippen LogP contribution in [0, 0.1) is 5.41 Å². The summed E-state index contributed by atoms with van der Waals surface area (Å²) in [6.45, 7) is 4.98. The van der Waals surface area contributed by atoms with Gasteiger partial charge in [-0.25, -0.2) is 0 Å². The normalized spacial score (nSPS) is 16.4. The number of hydrogen-bond acceptors (Lipinski definition) is 10. The van der Waals surface area contributed by atoms with Crippen LogP contribution in [-0.4, -0.2) is 67.2 Å². The maximum absolute atomic E-state index is 11.9. The molecule has 0 aromatic rings. The number of thiol groups is 3. The Morgan fingerprint density at radius 1 is 0.679 bits per heavy atom. The van der Waals surface area contributed by atoms with Gasteiger partial charge in [0.2, 0.25) is 0 Å². The van der Waals surface area contributed by atoms with Crippen LogP contribution in [0.25, 0.3) is 0 Å². The molecule has 0 amide bonds. The quantitative estimate of drug-likeness (QED) is 0.210. The van der Waals surface area contributed by atoms with Gasteiger partial charge in [-0.05, 0) is 0 Å². The van der Waals surface area contributed by atoms with E-state index in [2.05, 4.69) is 37.9 Å². The lowest BCUT2D eigenvalue weighted by Crippen LogP contribution is -2.43. The average Bonchev–Trinajstić information content (AvgIpc) is 2.54. The van der Waals surface area contributed by atoms with Gasteiger partial charge in [-0.3, -0.25) is 14.4 Å². The van der Waals surface area contributed by atoms with Crippen molar-refractivity contribution in [2.45, 2.75) is 55.8 Å². The Hall–Kier alpha value is -0.580. The molecule has 0 bridgehead atoms. The number of hydrogen-bond donors (Lipinski definition) is 3. The fourth-order valence-electron chi connectivity index (χ4n) is 2.16.